The van der Waals surface area contributed by atoms with Crippen molar-refractivity contribution in [1.29, 1.82) is 0 Å². The predicted molar refractivity (Wildman–Crippen MR) is 87.6 cm³/mol. The second-order valence-corrected chi connectivity index (χ2v) is 5.75. The molecule has 0 aliphatic heterocycles. The molecule has 0 unspecified atom stereocenters. The molecule has 2 aromatic rings. The lowest BCUT2D eigenvalue weighted by Gasteiger charge is -2.10. The van der Waals surface area contributed by atoms with Crippen molar-refractivity contribution in [1.82, 2.24) is 0 Å². The van der Waals surface area contributed by atoms with Crippen molar-refractivity contribution < 1.29 is 24.2 Å². The van der Waals surface area contributed by atoms with Crippen LogP contribution in [0.4, 0.5) is 4.39 Å². The van der Waals surface area contributed by atoms with E-state index in [1.807, 2.05) is 18.2 Å². The Hall–Kier alpha value is -2.69. The van der Waals surface area contributed by atoms with Gasteiger partial charge in [-0.3, -0.25) is 9.59 Å². The maximum Gasteiger partial charge on any atom is 0.303 e. The van der Waals surface area contributed by atoms with Gasteiger partial charge in [-0.1, -0.05) is 30.3 Å². The van der Waals surface area contributed by atoms with Crippen LogP contribution >= 0.6 is 0 Å². The van der Waals surface area contributed by atoms with Crippen LogP contribution in [0.5, 0.6) is 0 Å². The van der Waals surface area contributed by atoms with Gasteiger partial charge in [-0.05, 0) is 53.6 Å². The van der Waals surface area contributed by atoms with E-state index >= 15 is 0 Å². The fourth-order valence-electron chi connectivity index (χ4n) is 2.57. The Kier molecular flexibility index (Phi) is 6.07. The maximum absolute atomic E-state index is 13.0. The van der Waals surface area contributed by atoms with Gasteiger partial charge in [0.1, 0.15) is 5.82 Å². The Bertz CT molecular complexity index is 686. The summed E-state index contributed by atoms with van der Waals surface area (Å²) in [4.78, 5) is 21.5. The third-order valence-corrected chi connectivity index (χ3v) is 3.69. The molecule has 0 saturated heterocycles. The van der Waals surface area contributed by atoms with Crippen molar-refractivity contribution in [3.05, 3.63) is 70.5 Å². The zero-order chi connectivity index (χ0) is 17.5. The highest BCUT2D eigenvalue weighted by atomic mass is 19.1. The Balaban J connectivity index is 2.21. The van der Waals surface area contributed by atoms with Crippen LogP contribution in [0, 0.1) is 5.82 Å². The molecule has 0 saturated carbocycles. The first-order chi connectivity index (χ1) is 11.4. The Morgan fingerprint density at radius 1 is 0.750 bits per heavy atom. The van der Waals surface area contributed by atoms with Crippen LogP contribution in [0.1, 0.15) is 35.1 Å². The fraction of sp³-hybridized carbons (Fsp3) is 0.263. The number of halogens is 1. The third-order valence-electron chi connectivity index (χ3n) is 3.69. The van der Waals surface area contributed by atoms with Gasteiger partial charge in [0, 0.05) is 12.8 Å². The van der Waals surface area contributed by atoms with Gasteiger partial charge in [-0.25, -0.2) is 4.39 Å². The van der Waals surface area contributed by atoms with Gasteiger partial charge < -0.3 is 10.2 Å². The molecule has 2 aromatic carbocycles. The molecule has 0 heterocycles. The minimum absolute atomic E-state index is 0.0262. The number of rotatable bonds is 8. The molecule has 0 atom stereocenters. The number of hydrogen-bond donors (Lipinski definition) is 2. The van der Waals surface area contributed by atoms with Crippen molar-refractivity contribution in [2.24, 2.45) is 0 Å². The number of carboxylic acids is 2. The highest BCUT2D eigenvalue weighted by Gasteiger charge is 2.07. The molecule has 0 aliphatic carbocycles. The first-order valence-electron chi connectivity index (χ1n) is 7.72. The van der Waals surface area contributed by atoms with Crippen LogP contribution in [0.2, 0.25) is 0 Å². The molecule has 5 heteroatoms. The molecule has 126 valence electrons. The lowest BCUT2D eigenvalue weighted by Crippen LogP contribution is -2.02. The molecular formula is C19H19FO4. The zero-order valence-electron chi connectivity index (χ0n) is 13.2. The number of benzene rings is 2. The highest BCUT2D eigenvalue weighted by Crippen LogP contribution is 2.18. The second kappa shape index (κ2) is 8.24. The van der Waals surface area contributed by atoms with E-state index in [-0.39, 0.29) is 18.7 Å². The average molecular weight is 330 g/mol. The summed E-state index contributed by atoms with van der Waals surface area (Å²) in [5, 5.41) is 17.7. The molecule has 0 bridgehead atoms. The number of aryl methyl sites for hydroxylation is 2. The second-order valence-electron chi connectivity index (χ2n) is 5.75. The Morgan fingerprint density at radius 2 is 1.21 bits per heavy atom. The van der Waals surface area contributed by atoms with E-state index in [9.17, 15) is 14.0 Å². The molecule has 24 heavy (non-hydrogen) atoms. The SMILES string of the molecule is O=C(O)CCc1cc(CCC(=O)O)cc(Cc2ccc(F)cc2)c1. The summed E-state index contributed by atoms with van der Waals surface area (Å²) in [6.07, 6.45) is 1.43. The monoisotopic (exact) mass is 330 g/mol. The summed E-state index contributed by atoms with van der Waals surface area (Å²) in [6.45, 7) is 0. The summed E-state index contributed by atoms with van der Waals surface area (Å²) in [6, 6.07) is 11.9. The van der Waals surface area contributed by atoms with Crippen LogP contribution in [0.15, 0.2) is 42.5 Å². The summed E-state index contributed by atoms with van der Waals surface area (Å²) < 4.78 is 13.0. The molecule has 0 fully saturated rings. The van der Waals surface area contributed by atoms with Crippen molar-refractivity contribution in [3.63, 3.8) is 0 Å². The van der Waals surface area contributed by atoms with E-state index in [2.05, 4.69) is 0 Å². The first kappa shape index (κ1) is 17.7. The van der Waals surface area contributed by atoms with Gasteiger partial charge in [0.25, 0.3) is 0 Å². The molecule has 0 aliphatic rings. The van der Waals surface area contributed by atoms with E-state index in [0.29, 0.717) is 19.3 Å². The highest BCUT2D eigenvalue weighted by molar-refractivity contribution is 5.67. The van der Waals surface area contributed by atoms with E-state index in [1.54, 1.807) is 12.1 Å². The number of carbonyl (C=O) groups is 2. The molecule has 0 aromatic heterocycles. The van der Waals surface area contributed by atoms with Gasteiger partial charge in [0.2, 0.25) is 0 Å². The minimum Gasteiger partial charge on any atom is -0.481 e. The molecule has 2 rings (SSSR count). The smallest absolute Gasteiger partial charge is 0.303 e. The normalized spacial score (nSPS) is 10.5. The fourth-order valence-corrected chi connectivity index (χ4v) is 2.57. The van der Waals surface area contributed by atoms with Crippen molar-refractivity contribution in [2.45, 2.75) is 32.1 Å². The van der Waals surface area contributed by atoms with E-state index in [4.69, 9.17) is 10.2 Å². The molecule has 0 spiro atoms. The van der Waals surface area contributed by atoms with Crippen LogP contribution in [-0.4, -0.2) is 22.2 Å². The summed E-state index contributed by atoms with van der Waals surface area (Å²) in [5.41, 5.74) is 3.65. The van der Waals surface area contributed by atoms with E-state index in [1.165, 1.54) is 12.1 Å². The average Bonchev–Trinajstić information content (AvgIpc) is 2.53. The molecular weight excluding hydrogens is 311 g/mol. The van der Waals surface area contributed by atoms with Crippen molar-refractivity contribution >= 4 is 11.9 Å². The topological polar surface area (TPSA) is 74.6 Å². The zero-order valence-corrected chi connectivity index (χ0v) is 13.2. The van der Waals surface area contributed by atoms with Gasteiger partial charge in [0.15, 0.2) is 0 Å². The molecule has 4 nitrogen and oxygen atoms in total. The van der Waals surface area contributed by atoms with Crippen LogP contribution in [-0.2, 0) is 28.9 Å². The lowest BCUT2D eigenvalue weighted by atomic mass is 9.96. The lowest BCUT2D eigenvalue weighted by molar-refractivity contribution is -0.137. The number of carboxylic acid groups (broad SMARTS) is 2. The van der Waals surface area contributed by atoms with Gasteiger partial charge in [0.05, 0.1) is 0 Å². The van der Waals surface area contributed by atoms with Crippen LogP contribution in [0.3, 0.4) is 0 Å². The molecule has 0 amide bonds. The van der Waals surface area contributed by atoms with Crippen LogP contribution < -0.4 is 0 Å². The van der Waals surface area contributed by atoms with E-state index in [0.717, 1.165) is 22.3 Å². The maximum atomic E-state index is 13.0. The number of hydrogen-bond acceptors (Lipinski definition) is 2. The van der Waals surface area contributed by atoms with Gasteiger partial charge in [-0.2, -0.15) is 0 Å². The summed E-state index contributed by atoms with van der Waals surface area (Å²) in [7, 11) is 0. The predicted octanol–water partition coefficient (Wildman–Crippen LogP) is 3.45. The van der Waals surface area contributed by atoms with Gasteiger partial charge >= 0.3 is 11.9 Å². The largest absolute Gasteiger partial charge is 0.481 e. The first-order valence-corrected chi connectivity index (χ1v) is 7.72. The summed E-state index contributed by atoms with van der Waals surface area (Å²) >= 11 is 0. The third kappa shape index (κ3) is 5.83. The standard InChI is InChI=1S/C19H19FO4/c20-17-5-1-13(2-6-17)9-16-11-14(3-7-18(21)22)10-15(12-16)4-8-19(23)24/h1-2,5-6,10-12H,3-4,7-9H2,(H,21,22)(H,23,24). The molecule has 2 N–H and O–H groups in total. The Morgan fingerprint density at radius 3 is 1.67 bits per heavy atom. The minimum atomic E-state index is -0.869. The number of aliphatic carboxylic acids is 2. The van der Waals surface area contributed by atoms with Crippen molar-refractivity contribution in [2.75, 3.05) is 0 Å². The molecule has 0 radical (unpaired) electrons. The van der Waals surface area contributed by atoms with Crippen molar-refractivity contribution in [3.8, 4) is 0 Å². The van der Waals surface area contributed by atoms with Crippen LogP contribution in [0.25, 0.3) is 0 Å². The quantitative estimate of drug-likeness (QED) is 0.777. The Labute approximate surface area is 139 Å². The van der Waals surface area contributed by atoms with E-state index < -0.39 is 11.9 Å². The summed E-state index contributed by atoms with van der Waals surface area (Å²) in [5.74, 6) is -2.03. The van der Waals surface area contributed by atoms with Gasteiger partial charge in [-0.15, -0.1) is 0 Å².